The van der Waals surface area contributed by atoms with Crippen LogP contribution in [0.25, 0.3) is 0 Å². The molecule has 2 aromatic rings. The van der Waals surface area contributed by atoms with Crippen LogP contribution >= 0.6 is 11.3 Å². The first-order chi connectivity index (χ1) is 14.8. The molecule has 1 atom stereocenters. The summed E-state index contributed by atoms with van der Waals surface area (Å²) < 4.78 is 5.52. The highest BCUT2D eigenvalue weighted by Gasteiger charge is 2.29. The van der Waals surface area contributed by atoms with Gasteiger partial charge in [-0.3, -0.25) is 4.90 Å². The second-order valence-corrected chi connectivity index (χ2v) is 10.8. The van der Waals surface area contributed by atoms with Gasteiger partial charge in [0.2, 0.25) is 0 Å². The van der Waals surface area contributed by atoms with Crippen molar-refractivity contribution >= 4 is 17.4 Å². The number of likely N-dealkylation sites (tertiary alicyclic amines) is 1. The summed E-state index contributed by atoms with van der Waals surface area (Å²) >= 11 is 1.78. The van der Waals surface area contributed by atoms with Crippen molar-refractivity contribution in [1.82, 2.24) is 14.8 Å². The van der Waals surface area contributed by atoms with Crippen LogP contribution in [-0.4, -0.2) is 46.6 Å². The van der Waals surface area contributed by atoms with E-state index in [-0.39, 0.29) is 6.09 Å². The minimum atomic E-state index is -0.441. The minimum Gasteiger partial charge on any atom is -0.444 e. The van der Waals surface area contributed by atoms with Gasteiger partial charge in [0.05, 0.1) is 10.7 Å². The van der Waals surface area contributed by atoms with Gasteiger partial charge < -0.3 is 9.64 Å². The zero-order chi connectivity index (χ0) is 22.0. The average molecular weight is 442 g/mol. The lowest BCUT2D eigenvalue weighted by Crippen LogP contribution is -2.41. The molecule has 4 rings (SSSR count). The van der Waals surface area contributed by atoms with Crippen LogP contribution in [0, 0.1) is 0 Å². The average Bonchev–Trinajstić information content (AvgIpc) is 3.20. The molecule has 1 aliphatic carbocycles. The number of hydrogen-bond acceptors (Lipinski definition) is 5. The third-order valence-corrected chi connectivity index (χ3v) is 7.40. The van der Waals surface area contributed by atoms with Crippen LogP contribution in [-0.2, 0) is 17.7 Å². The van der Waals surface area contributed by atoms with Crippen LogP contribution in [0.5, 0.6) is 0 Å². The number of benzene rings is 1. The molecule has 6 heteroatoms. The number of ether oxygens (including phenoxy) is 1. The summed E-state index contributed by atoms with van der Waals surface area (Å²) in [7, 11) is 2.23. The third-order valence-electron chi connectivity index (χ3n) is 6.35. The summed E-state index contributed by atoms with van der Waals surface area (Å²) in [5, 5.41) is 3.44. The molecule has 0 bridgehead atoms. The number of aryl methyl sites for hydroxylation is 1. The van der Waals surface area contributed by atoms with Crippen molar-refractivity contribution in [2.24, 2.45) is 0 Å². The number of nitrogens with zero attached hydrogens (tertiary/aromatic N) is 3. The Morgan fingerprint density at radius 2 is 1.97 bits per heavy atom. The molecule has 5 nitrogen and oxygen atoms in total. The van der Waals surface area contributed by atoms with Crippen LogP contribution in [0.3, 0.4) is 0 Å². The molecule has 1 amide bonds. The van der Waals surface area contributed by atoms with Gasteiger partial charge in [-0.05, 0) is 71.0 Å². The Bertz CT molecular complexity index is 896. The molecule has 168 valence electrons. The Hall–Kier alpha value is -1.92. The molecular weight excluding hydrogens is 406 g/mol. The zero-order valence-electron chi connectivity index (χ0n) is 19.3. The van der Waals surface area contributed by atoms with Crippen LogP contribution < -0.4 is 0 Å². The number of rotatable bonds is 4. The standard InChI is InChI=1S/C25H35N3O2S/c1-25(2,3)30-24(29)28-14-12-19(13-15-28)23-26-20(17-31-23)16-27(4)22-11-7-9-18-8-5-6-10-21(18)22/h5-6,8,10,17,19,22H,7,9,11-16H2,1-4H3/t22-/m1/s1. The predicted octanol–water partition coefficient (Wildman–Crippen LogP) is 5.77. The quantitative estimate of drug-likeness (QED) is 0.604. The maximum atomic E-state index is 12.3. The Morgan fingerprint density at radius 3 is 2.71 bits per heavy atom. The first-order valence-corrected chi connectivity index (χ1v) is 12.4. The van der Waals surface area contributed by atoms with Gasteiger partial charge in [-0.15, -0.1) is 11.3 Å². The monoisotopic (exact) mass is 441 g/mol. The molecule has 1 saturated heterocycles. The topological polar surface area (TPSA) is 45.7 Å². The van der Waals surface area contributed by atoms with Crippen molar-refractivity contribution < 1.29 is 9.53 Å². The second kappa shape index (κ2) is 9.29. The Morgan fingerprint density at radius 1 is 1.23 bits per heavy atom. The molecular formula is C25H35N3O2S. The van der Waals surface area contributed by atoms with Crippen LogP contribution in [0.15, 0.2) is 29.6 Å². The van der Waals surface area contributed by atoms with E-state index in [4.69, 9.17) is 9.72 Å². The molecule has 1 aromatic heterocycles. The maximum absolute atomic E-state index is 12.3. The molecule has 0 radical (unpaired) electrons. The lowest BCUT2D eigenvalue weighted by atomic mass is 9.87. The Balaban J connectivity index is 1.33. The highest BCUT2D eigenvalue weighted by atomic mass is 32.1. The van der Waals surface area contributed by atoms with Gasteiger partial charge in [-0.2, -0.15) is 0 Å². The van der Waals surface area contributed by atoms with E-state index in [0.717, 1.165) is 32.5 Å². The molecule has 2 aliphatic rings. The third kappa shape index (κ3) is 5.47. The first-order valence-electron chi connectivity index (χ1n) is 11.5. The molecule has 1 fully saturated rings. The number of amides is 1. The van der Waals surface area contributed by atoms with Gasteiger partial charge in [0, 0.05) is 37.0 Å². The fourth-order valence-electron chi connectivity index (χ4n) is 4.77. The van der Waals surface area contributed by atoms with E-state index in [0.29, 0.717) is 12.0 Å². The van der Waals surface area contributed by atoms with Gasteiger partial charge in [-0.1, -0.05) is 24.3 Å². The van der Waals surface area contributed by atoms with E-state index in [2.05, 4.69) is 41.6 Å². The Labute approximate surface area is 190 Å². The summed E-state index contributed by atoms with van der Waals surface area (Å²) in [6, 6.07) is 9.37. The number of hydrogen-bond donors (Lipinski definition) is 0. The summed E-state index contributed by atoms with van der Waals surface area (Å²) in [6.07, 6.45) is 5.39. The zero-order valence-corrected chi connectivity index (χ0v) is 20.1. The number of thiazole rings is 1. The first kappa shape index (κ1) is 22.3. The van der Waals surface area contributed by atoms with Crippen LogP contribution in [0.2, 0.25) is 0 Å². The molecule has 0 N–H and O–H groups in total. The number of aromatic nitrogens is 1. The van der Waals surface area contributed by atoms with Crippen molar-refractivity contribution in [3.05, 3.63) is 51.5 Å². The summed E-state index contributed by atoms with van der Waals surface area (Å²) in [6.45, 7) is 8.11. The van der Waals surface area contributed by atoms with E-state index < -0.39 is 5.60 Å². The van der Waals surface area contributed by atoms with E-state index in [1.54, 1.807) is 11.3 Å². The van der Waals surface area contributed by atoms with Gasteiger partial charge in [-0.25, -0.2) is 9.78 Å². The molecule has 0 saturated carbocycles. The minimum absolute atomic E-state index is 0.194. The molecule has 2 heterocycles. The number of fused-ring (bicyclic) bond motifs is 1. The smallest absolute Gasteiger partial charge is 0.410 e. The van der Waals surface area contributed by atoms with Gasteiger partial charge in [0.1, 0.15) is 5.60 Å². The van der Waals surface area contributed by atoms with E-state index in [1.165, 1.54) is 41.1 Å². The fraction of sp³-hybridized carbons (Fsp3) is 0.600. The van der Waals surface area contributed by atoms with Crippen molar-refractivity contribution in [2.75, 3.05) is 20.1 Å². The maximum Gasteiger partial charge on any atom is 0.410 e. The van der Waals surface area contributed by atoms with Crippen molar-refractivity contribution in [2.45, 2.75) is 77.0 Å². The molecule has 1 aromatic carbocycles. The molecule has 0 unspecified atom stereocenters. The van der Waals surface area contributed by atoms with Gasteiger partial charge in [0.25, 0.3) is 0 Å². The number of carbonyl (C=O) groups excluding carboxylic acids is 1. The van der Waals surface area contributed by atoms with Gasteiger partial charge >= 0.3 is 6.09 Å². The van der Waals surface area contributed by atoms with E-state index in [9.17, 15) is 4.79 Å². The Kier molecular flexibility index (Phi) is 6.68. The summed E-state index contributed by atoms with van der Waals surface area (Å²) in [5.74, 6) is 0.443. The lowest BCUT2D eigenvalue weighted by Gasteiger charge is -2.33. The second-order valence-electron chi connectivity index (χ2n) is 9.94. The van der Waals surface area contributed by atoms with E-state index >= 15 is 0 Å². The normalized spacial score (nSPS) is 20.0. The highest BCUT2D eigenvalue weighted by Crippen LogP contribution is 2.35. The summed E-state index contributed by atoms with van der Waals surface area (Å²) in [4.78, 5) is 21.6. The highest BCUT2D eigenvalue weighted by molar-refractivity contribution is 7.09. The van der Waals surface area contributed by atoms with Crippen molar-refractivity contribution in [3.8, 4) is 0 Å². The van der Waals surface area contributed by atoms with Crippen molar-refractivity contribution in [3.63, 3.8) is 0 Å². The molecule has 1 aliphatic heterocycles. The molecule has 31 heavy (non-hydrogen) atoms. The predicted molar refractivity (Wildman–Crippen MR) is 125 cm³/mol. The number of carbonyl (C=O) groups is 1. The van der Waals surface area contributed by atoms with Crippen LogP contribution in [0.1, 0.15) is 80.2 Å². The summed E-state index contributed by atoms with van der Waals surface area (Å²) in [5.41, 5.74) is 3.71. The largest absolute Gasteiger partial charge is 0.444 e. The van der Waals surface area contributed by atoms with Crippen LogP contribution in [0.4, 0.5) is 4.79 Å². The molecule has 0 spiro atoms. The van der Waals surface area contributed by atoms with E-state index in [1.807, 2.05) is 25.7 Å². The van der Waals surface area contributed by atoms with Crippen molar-refractivity contribution in [1.29, 1.82) is 0 Å². The lowest BCUT2D eigenvalue weighted by molar-refractivity contribution is 0.0204. The number of piperidine rings is 1. The van der Waals surface area contributed by atoms with Gasteiger partial charge in [0.15, 0.2) is 0 Å². The SMILES string of the molecule is CN(Cc1csc(C2CCN(C(=O)OC(C)(C)C)CC2)n1)[C@@H]1CCCc2ccccc21. The fourth-order valence-corrected chi connectivity index (χ4v) is 5.75.